The van der Waals surface area contributed by atoms with Crippen molar-refractivity contribution >= 4 is 16.9 Å². The van der Waals surface area contributed by atoms with E-state index in [1.54, 1.807) is 0 Å². The number of hydrogen-bond donors (Lipinski definition) is 1. The molecule has 3 aromatic rings. The number of imidazole rings is 1. The molecule has 4 heteroatoms. The Morgan fingerprint density at radius 1 is 1.03 bits per heavy atom. The number of nitrogens with one attached hydrogen (secondary N) is 1. The second kappa shape index (κ2) is 8.81. The standard InChI is InChI=1S/C25H31N3O/c1-18(2)17-23(25(29)26-20-13-7-4-8-14-20)28-22-16-10-9-15-21(22)27-24(28)19-11-5-3-6-12-19/h3,5-6,9-12,15-16,18,20,23H,4,7-8,13-14,17H2,1-2H3,(H,26,29). The first-order valence-corrected chi connectivity index (χ1v) is 11.0. The lowest BCUT2D eigenvalue weighted by Gasteiger charge is -2.28. The molecule has 2 aromatic carbocycles. The van der Waals surface area contributed by atoms with E-state index < -0.39 is 0 Å². The second-order valence-corrected chi connectivity index (χ2v) is 8.65. The molecule has 1 N–H and O–H groups in total. The third-order valence-electron chi connectivity index (χ3n) is 5.89. The molecule has 1 aromatic heterocycles. The molecule has 152 valence electrons. The van der Waals surface area contributed by atoms with Gasteiger partial charge in [0.1, 0.15) is 11.9 Å². The van der Waals surface area contributed by atoms with Gasteiger partial charge in [0.05, 0.1) is 11.0 Å². The minimum absolute atomic E-state index is 0.130. The van der Waals surface area contributed by atoms with Gasteiger partial charge in [0.15, 0.2) is 0 Å². The predicted molar refractivity (Wildman–Crippen MR) is 119 cm³/mol. The van der Waals surface area contributed by atoms with E-state index in [0.29, 0.717) is 12.0 Å². The van der Waals surface area contributed by atoms with Gasteiger partial charge in [-0.05, 0) is 37.3 Å². The molecule has 1 saturated carbocycles. The molecule has 1 unspecified atom stereocenters. The van der Waals surface area contributed by atoms with Crippen LogP contribution in [0.2, 0.25) is 0 Å². The molecule has 1 amide bonds. The topological polar surface area (TPSA) is 46.9 Å². The lowest BCUT2D eigenvalue weighted by molar-refractivity contribution is -0.125. The van der Waals surface area contributed by atoms with Crippen LogP contribution >= 0.6 is 0 Å². The fourth-order valence-corrected chi connectivity index (χ4v) is 4.47. The van der Waals surface area contributed by atoms with Gasteiger partial charge in [-0.1, -0.05) is 75.6 Å². The first-order valence-electron chi connectivity index (χ1n) is 11.0. The summed E-state index contributed by atoms with van der Waals surface area (Å²) in [6.45, 7) is 4.37. The first kappa shape index (κ1) is 19.7. The molecule has 4 rings (SSSR count). The maximum Gasteiger partial charge on any atom is 0.243 e. The molecule has 1 atom stereocenters. The Morgan fingerprint density at radius 2 is 1.72 bits per heavy atom. The fraction of sp³-hybridized carbons (Fsp3) is 0.440. The zero-order valence-electron chi connectivity index (χ0n) is 17.5. The third kappa shape index (κ3) is 4.36. The van der Waals surface area contributed by atoms with Crippen molar-refractivity contribution in [2.45, 2.75) is 64.5 Å². The first-order chi connectivity index (χ1) is 14.1. The average Bonchev–Trinajstić information content (AvgIpc) is 3.12. The SMILES string of the molecule is CC(C)CC(C(=O)NC1CCCCC1)n1c(-c2ccccc2)nc2ccccc21. The smallest absolute Gasteiger partial charge is 0.243 e. The number of para-hydroxylation sites is 2. The van der Waals surface area contributed by atoms with Crippen LogP contribution < -0.4 is 5.32 Å². The van der Waals surface area contributed by atoms with Crippen LogP contribution in [0.3, 0.4) is 0 Å². The van der Waals surface area contributed by atoms with E-state index in [9.17, 15) is 4.79 Å². The summed E-state index contributed by atoms with van der Waals surface area (Å²) in [4.78, 5) is 18.4. The zero-order valence-corrected chi connectivity index (χ0v) is 17.5. The molecule has 0 saturated heterocycles. The van der Waals surface area contributed by atoms with E-state index in [4.69, 9.17) is 4.98 Å². The maximum absolute atomic E-state index is 13.5. The Morgan fingerprint density at radius 3 is 2.45 bits per heavy atom. The van der Waals surface area contributed by atoms with E-state index in [2.05, 4.69) is 41.9 Å². The highest BCUT2D eigenvalue weighted by Gasteiger charge is 2.28. The van der Waals surface area contributed by atoms with Crippen molar-refractivity contribution in [2.75, 3.05) is 0 Å². The van der Waals surface area contributed by atoms with Gasteiger partial charge in [0.2, 0.25) is 5.91 Å². The fourth-order valence-electron chi connectivity index (χ4n) is 4.47. The van der Waals surface area contributed by atoms with Crippen molar-refractivity contribution < 1.29 is 4.79 Å². The summed E-state index contributed by atoms with van der Waals surface area (Å²) < 4.78 is 2.17. The Bertz CT molecular complexity index is 955. The van der Waals surface area contributed by atoms with Crippen molar-refractivity contribution in [3.8, 4) is 11.4 Å². The van der Waals surface area contributed by atoms with Crippen molar-refractivity contribution in [1.29, 1.82) is 0 Å². The summed E-state index contributed by atoms with van der Waals surface area (Å²) in [5.74, 6) is 1.41. The normalized spacial score (nSPS) is 16.2. The lowest BCUT2D eigenvalue weighted by Crippen LogP contribution is -2.41. The third-order valence-corrected chi connectivity index (χ3v) is 5.89. The highest BCUT2D eigenvalue weighted by molar-refractivity contribution is 5.87. The van der Waals surface area contributed by atoms with Crippen molar-refractivity contribution in [1.82, 2.24) is 14.9 Å². The van der Waals surface area contributed by atoms with Gasteiger partial charge >= 0.3 is 0 Å². The number of carbonyl (C=O) groups excluding carboxylic acids is 1. The van der Waals surface area contributed by atoms with Gasteiger partial charge in [0, 0.05) is 11.6 Å². The summed E-state index contributed by atoms with van der Waals surface area (Å²) in [6.07, 6.45) is 6.68. The lowest BCUT2D eigenvalue weighted by atomic mass is 9.94. The highest BCUT2D eigenvalue weighted by Crippen LogP contribution is 2.32. The Balaban J connectivity index is 1.78. The van der Waals surface area contributed by atoms with E-state index in [0.717, 1.165) is 41.7 Å². The maximum atomic E-state index is 13.5. The number of rotatable bonds is 6. The van der Waals surface area contributed by atoms with Crippen molar-refractivity contribution in [3.63, 3.8) is 0 Å². The van der Waals surface area contributed by atoms with Gasteiger partial charge in [-0.25, -0.2) is 4.98 Å². The Labute approximate surface area is 173 Å². The Hall–Kier alpha value is -2.62. The summed E-state index contributed by atoms with van der Waals surface area (Å²) in [6, 6.07) is 18.4. The molecule has 0 spiro atoms. The molecule has 0 aliphatic heterocycles. The summed E-state index contributed by atoms with van der Waals surface area (Å²) in [5, 5.41) is 3.37. The average molecular weight is 390 g/mol. The number of hydrogen-bond acceptors (Lipinski definition) is 2. The number of carbonyl (C=O) groups is 1. The van der Waals surface area contributed by atoms with Crippen LogP contribution in [0.4, 0.5) is 0 Å². The van der Waals surface area contributed by atoms with Crippen LogP contribution in [-0.4, -0.2) is 21.5 Å². The second-order valence-electron chi connectivity index (χ2n) is 8.65. The number of benzene rings is 2. The number of nitrogens with zero attached hydrogens (tertiary/aromatic N) is 2. The molecular weight excluding hydrogens is 358 g/mol. The summed E-state index contributed by atoms with van der Waals surface area (Å²) in [7, 11) is 0. The van der Waals surface area contributed by atoms with Crippen LogP contribution in [0.1, 0.15) is 58.4 Å². The highest BCUT2D eigenvalue weighted by atomic mass is 16.2. The van der Waals surface area contributed by atoms with Crippen LogP contribution in [-0.2, 0) is 4.79 Å². The molecule has 0 bridgehead atoms. The number of aromatic nitrogens is 2. The quantitative estimate of drug-likeness (QED) is 0.584. The molecule has 1 aliphatic rings. The van der Waals surface area contributed by atoms with Gasteiger partial charge in [-0.2, -0.15) is 0 Å². The van der Waals surface area contributed by atoms with Crippen molar-refractivity contribution in [2.24, 2.45) is 5.92 Å². The van der Waals surface area contributed by atoms with Crippen LogP contribution in [0.5, 0.6) is 0 Å². The Kier molecular flexibility index (Phi) is 5.98. The van der Waals surface area contributed by atoms with Gasteiger partial charge < -0.3 is 9.88 Å². The molecule has 29 heavy (non-hydrogen) atoms. The van der Waals surface area contributed by atoms with E-state index in [-0.39, 0.29) is 11.9 Å². The minimum Gasteiger partial charge on any atom is -0.352 e. The van der Waals surface area contributed by atoms with E-state index in [1.807, 2.05) is 36.4 Å². The van der Waals surface area contributed by atoms with E-state index >= 15 is 0 Å². The number of fused-ring (bicyclic) bond motifs is 1. The molecule has 0 radical (unpaired) electrons. The van der Waals surface area contributed by atoms with Crippen LogP contribution in [0.15, 0.2) is 54.6 Å². The monoisotopic (exact) mass is 389 g/mol. The van der Waals surface area contributed by atoms with Crippen molar-refractivity contribution in [3.05, 3.63) is 54.6 Å². The van der Waals surface area contributed by atoms with Gasteiger partial charge in [0.25, 0.3) is 0 Å². The predicted octanol–water partition coefficient (Wildman–Crippen LogP) is 5.74. The van der Waals surface area contributed by atoms with Crippen LogP contribution in [0.25, 0.3) is 22.4 Å². The zero-order chi connectivity index (χ0) is 20.2. The molecule has 1 aliphatic carbocycles. The number of amides is 1. The molecule has 1 fully saturated rings. The summed E-state index contributed by atoms with van der Waals surface area (Å²) >= 11 is 0. The molecular formula is C25H31N3O. The van der Waals surface area contributed by atoms with Crippen LogP contribution in [0, 0.1) is 5.92 Å². The van der Waals surface area contributed by atoms with E-state index in [1.165, 1.54) is 19.3 Å². The van der Waals surface area contributed by atoms with Gasteiger partial charge in [-0.15, -0.1) is 0 Å². The largest absolute Gasteiger partial charge is 0.352 e. The molecule has 1 heterocycles. The summed E-state index contributed by atoms with van der Waals surface area (Å²) in [5.41, 5.74) is 3.00. The minimum atomic E-state index is -0.264. The molecule has 4 nitrogen and oxygen atoms in total. The van der Waals surface area contributed by atoms with Gasteiger partial charge in [-0.3, -0.25) is 4.79 Å².